The van der Waals surface area contributed by atoms with E-state index in [1.165, 1.54) is 7.11 Å². The van der Waals surface area contributed by atoms with Crippen molar-refractivity contribution >= 4 is 33.6 Å². The second-order valence-electron chi connectivity index (χ2n) is 6.94. The van der Waals surface area contributed by atoms with Crippen LogP contribution in [-0.4, -0.2) is 61.3 Å². The summed E-state index contributed by atoms with van der Waals surface area (Å²) in [5.74, 6) is 0.669. The number of amidine groups is 1. The van der Waals surface area contributed by atoms with E-state index < -0.39 is 0 Å². The lowest BCUT2D eigenvalue weighted by atomic mass is 9.99. The zero-order chi connectivity index (χ0) is 19.4. The molecule has 0 N–H and O–H groups in total. The number of rotatable bonds is 5. The van der Waals surface area contributed by atoms with E-state index in [0.29, 0.717) is 25.9 Å². The second kappa shape index (κ2) is 8.69. The van der Waals surface area contributed by atoms with Gasteiger partial charge in [-0.25, -0.2) is 4.99 Å². The van der Waals surface area contributed by atoms with Crippen molar-refractivity contribution in [2.75, 3.05) is 33.8 Å². The molecule has 0 unspecified atom stereocenters. The van der Waals surface area contributed by atoms with Crippen molar-refractivity contribution in [1.29, 1.82) is 0 Å². The van der Waals surface area contributed by atoms with Gasteiger partial charge in [-0.05, 0) is 24.0 Å². The molecule has 0 aromatic heterocycles. The zero-order valence-corrected chi connectivity index (χ0v) is 17.2. The average molecular weight is 434 g/mol. The highest BCUT2D eigenvalue weighted by atomic mass is 79.9. The number of likely N-dealkylation sites (tertiary alicyclic amines) is 1. The summed E-state index contributed by atoms with van der Waals surface area (Å²) in [6, 6.07) is 0. The molecule has 1 saturated heterocycles. The van der Waals surface area contributed by atoms with E-state index in [2.05, 4.69) is 50.1 Å². The Morgan fingerprint density at radius 1 is 1.33 bits per heavy atom. The highest BCUT2D eigenvalue weighted by molar-refractivity contribution is 9.11. The first-order valence-corrected chi connectivity index (χ1v) is 9.83. The lowest BCUT2D eigenvalue weighted by Crippen LogP contribution is -2.53. The molecule has 2 aliphatic heterocycles. The van der Waals surface area contributed by atoms with Crippen LogP contribution >= 0.6 is 15.9 Å². The Bertz CT molecular complexity index is 773. The summed E-state index contributed by atoms with van der Waals surface area (Å²) in [5, 5.41) is 0. The van der Waals surface area contributed by atoms with Gasteiger partial charge in [0.25, 0.3) is 0 Å². The van der Waals surface area contributed by atoms with Gasteiger partial charge in [0.05, 0.1) is 19.6 Å². The Kier molecular flexibility index (Phi) is 6.31. The van der Waals surface area contributed by atoms with Crippen molar-refractivity contribution in [2.45, 2.75) is 19.3 Å². The van der Waals surface area contributed by atoms with Crippen molar-refractivity contribution in [2.24, 2.45) is 10.9 Å². The number of hydrogen-bond donors (Lipinski definition) is 0. The van der Waals surface area contributed by atoms with Crippen LogP contribution in [0.15, 0.2) is 51.1 Å². The molecule has 6 nitrogen and oxygen atoms in total. The molecule has 3 rings (SSSR count). The summed E-state index contributed by atoms with van der Waals surface area (Å²) in [6.45, 7) is 1.76. The largest absolute Gasteiger partial charge is 0.469 e. The zero-order valence-electron chi connectivity index (χ0n) is 15.7. The maximum Gasteiger partial charge on any atom is 0.312 e. The van der Waals surface area contributed by atoms with Gasteiger partial charge in [-0.2, -0.15) is 0 Å². The first-order valence-electron chi connectivity index (χ1n) is 9.03. The quantitative estimate of drug-likeness (QED) is 0.625. The van der Waals surface area contributed by atoms with Gasteiger partial charge in [0.2, 0.25) is 5.91 Å². The molecule has 0 atom stereocenters. The topological polar surface area (TPSA) is 62.2 Å². The summed E-state index contributed by atoms with van der Waals surface area (Å²) >= 11 is 3.48. The summed E-state index contributed by atoms with van der Waals surface area (Å²) in [7, 11) is 3.41. The van der Waals surface area contributed by atoms with Gasteiger partial charge >= 0.3 is 5.97 Å². The molecule has 1 amide bonds. The number of amides is 1. The first kappa shape index (κ1) is 19.6. The number of carbonyl (C=O) groups excluding carboxylic acids is 2. The Morgan fingerprint density at radius 2 is 2.11 bits per heavy atom. The summed E-state index contributed by atoms with van der Waals surface area (Å²) in [4.78, 5) is 32.0. The summed E-state index contributed by atoms with van der Waals surface area (Å²) in [5.41, 5.74) is 2.29. The van der Waals surface area contributed by atoms with E-state index in [1.807, 2.05) is 13.2 Å². The molecule has 1 aliphatic carbocycles. The molecule has 2 heterocycles. The Balaban J connectivity index is 1.54. The van der Waals surface area contributed by atoms with E-state index in [9.17, 15) is 9.59 Å². The maximum atomic E-state index is 12.3. The van der Waals surface area contributed by atoms with E-state index in [4.69, 9.17) is 4.74 Å². The highest BCUT2D eigenvalue weighted by Gasteiger charge is 2.35. The van der Waals surface area contributed by atoms with Crippen molar-refractivity contribution < 1.29 is 14.3 Å². The highest BCUT2D eigenvalue weighted by Crippen LogP contribution is 2.23. The van der Waals surface area contributed by atoms with Gasteiger partial charge in [0.1, 0.15) is 5.84 Å². The number of hydrogen-bond acceptors (Lipinski definition) is 5. The fraction of sp³-hybridized carbons (Fsp3) is 0.450. The summed E-state index contributed by atoms with van der Waals surface area (Å²) < 4.78 is 5.77. The van der Waals surface area contributed by atoms with Crippen molar-refractivity contribution in [1.82, 2.24) is 9.80 Å². The van der Waals surface area contributed by atoms with Crippen LogP contribution in [0.4, 0.5) is 0 Å². The maximum absolute atomic E-state index is 12.3. The normalized spacial score (nSPS) is 20.1. The van der Waals surface area contributed by atoms with E-state index in [0.717, 1.165) is 34.4 Å². The monoisotopic (exact) mass is 433 g/mol. The van der Waals surface area contributed by atoms with Crippen LogP contribution in [-0.2, 0) is 14.3 Å². The molecule has 7 heteroatoms. The first-order chi connectivity index (χ1) is 13.0. The molecule has 27 heavy (non-hydrogen) atoms. The molecule has 0 spiro atoms. The minimum Gasteiger partial charge on any atom is -0.469 e. The molecular formula is C20H24BrN3O3. The van der Waals surface area contributed by atoms with Crippen LogP contribution in [0.1, 0.15) is 19.3 Å². The number of carbonyl (C=O) groups is 2. The third-order valence-corrected chi connectivity index (χ3v) is 5.38. The van der Waals surface area contributed by atoms with E-state index >= 15 is 0 Å². The SMILES string of the molecule is COC(=O)C1CN(C(=O)CCC2=CC=C(C3=NC=C(Br)CN3C)CC=C2)C1. The second-order valence-corrected chi connectivity index (χ2v) is 7.96. The van der Waals surface area contributed by atoms with Gasteiger partial charge in [0, 0.05) is 37.2 Å². The summed E-state index contributed by atoms with van der Waals surface area (Å²) in [6.07, 6.45) is 12.2. The lowest BCUT2D eigenvalue weighted by Gasteiger charge is -2.37. The van der Waals surface area contributed by atoms with Crippen LogP contribution < -0.4 is 0 Å². The van der Waals surface area contributed by atoms with Gasteiger partial charge in [-0.1, -0.05) is 40.2 Å². The Hall–Kier alpha value is -2.15. The molecule has 1 fully saturated rings. The molecule has 0 saturated carbocycles. The molecule has 144 valence electrons. The number of likely N-dealkylation sites (N-methyl/N-ethyl adjacent to an activating group) is 1. The Labute approximate surface area is 168 Å². The van der Waals surface area contributed by atoms with Gasteiger partial charge in [-0.15, -0.1) is 0 Å². The van der Waals surface area contributed by atoms with Crippen LogP contribution in [0.25, 0.3) is 0 Å². The van der Waals surface area contributed by atoms with Gasteiger partial charge in [-0.3, -0.25) is 9.59 Å². The standard InChI is InChI=1S/C20H24BrN3O3/c1-23-13-17(21)10-22-19(23)15-5-3-4-14(6-8-15)7-9-18(25)24-11-16(12-24)20(26)27-2/h3-4,6,8,10,16H,5,7,9,11-13H2,1-2H3. The van der Waals surface area contributed by atoms with E-state index in [-0.39, 0.29) is 17.8 Å². The fourth-order valence-electron chi connectivity index (χ4n) is 3.31. The predicted octanol–water partition coefficient (Wildman–Crippen LogP) is 2.79. The van der Waals surface area contributed by atoms with Gasteiger partial charge < -0.3 is 14.5 Å². The average Bonchev–Trinajstić information content (AvgIpc) is 2.84. The third-order valence-electron chi connectivity index (χ3n) is 4.93. The molecular weight excluding hydrogens is 410 g/mol. The number of esters is 1. The van der Waals surface area contributed by atoms with Crippen molar-refractivity contribution in [3.63, 3.8) is 0 Å². The number of aliphatic imine (C=N–C) groups is 1. The number of ether oxygens (including phenoxy) is 1. The third kappa shape index (κ3) is 4.77. The minimum absolute atomic E-state index is 0.0873. The number of halogens is 1. The van der Waals surface area contributed by atoms with Crippen LogP contribution in [0.5, 0.6) is 0 Å². The minimum atomic E-state index is -0.233. The van der Waals surface area contributed by atoms with Crippen LogP contribution in [0.3, 0.4) is 0 Å². The smallest absolute Gasteiger partial charge is 0.312 e. The van der Waals surface area contributed by atoms with Crippen molar-refractivity contribution in [3.05, 3.63) is 46.1 Å². The van der Waals surface area contributed by atoms with Gasteiger partial charge in [0.15, 0.2) is 0 Å². The van der Waals surface area contributed by atoms with Crippen LogP contribution in [0, 0.1) is 5.92 Å². The number of methoxy groups -OCH3 is 1. The van der Waals surface area contributed by atoms with Crippen LogP contribution in [0.2, 0.25) is 0 Å². The van der Waals surface area contributed by atoms with Crippen molar-refractivity contribution in [3.8, 4) is 0 Å². The number of nitrogens with zero attached hydrogens (tertiary/aromatic N) is 3. The Morgan fingerprint density at radius 3 is 2.81 bits per heavy atom. The molecule has 0 aromatic rings. The predicted molar refractivity (Wildman–Crippen MR) is 108 cm³/mol. The molecule has 0 aromatic carbocycles. The molecule has 3 aliphatic rings. The lowest BCUT2D eigenvalue weighted by molar-refractivity contribution is -0.155. The number of allylic oxidation sites excluding steroid dienone is 5. The molecule has 0 radical (unpaired) electrons. The molecule has 0 bridgehead atoms. The van der Waals surface area contributed by atoms with E-state index in [1.54, 1.807) is 4.90 Å². The fourth-order valence-corrected chi connectivity index (χ4v) is 3.79.